The van der Waals surface area contributed by atoms with Gasteiger partial charge in [-0.05, 0) is 29.8 Å². The number of benzene rings is 2. The molecule has 2 N–H and O–H groups in total. The Morgan fingerprint density at radius 2 is 1.68 bits per heavy atom. The molecule has 0 aliphatic heterocycles. The van der Waals surface area contributed by atoms with E-state index in [-0.39, 0.29) is 4.90 Å². The minimum absolute atomic E-state index is 0.0985. The summed E-state index contributed by atoms with van der Waals surface area (Å²) in [7, 11) is -4.16. The lowest BCUT2D eigenvalue weighted by atomic mass is 10.1. The number of H-pyrrole nitrogens is 1. The van der Waals surface area contributed by atoms with Crippen molar-refractivity contribution in [2.45, 2.75) is 4.90 Å². The van der Waals surface area contributed by atoms with Gasteiger partial charge < -0.3 is 4.98 Å². The molecule has 0 aliphatic carbocycles. The minimum Gasteiger partial charge on any atom is -0.355 e. The van der Waals surface area contributed by atoms with Gasteiger partial charge in [-0.25, -0.2) is 0 Å². The van der Waals surface area contributed by atoms with Crippen LogP contribution in [0.15, 0.2) is 59.5 Å². The molecule has 0 unspecified atom stereocenters. The molecule has 0 bridgehead atoms. The molecule has 1 heterocycles. The van der Waals surface area contributed by atoms with Crippen LogP contribution in [0.4, 0.5) is 0 Å². The van der Waals surface area contributed by atoms with Crippen LogP contribution < -0.4 is 0 Å². The normalized spacial score (nSPS) is 11.8. The van der Waals surface area contributed by atoms with Gasteiger partial charge in [0.25, 0.3) is 10.1 Å². The maximum Gasteiger partial charge on any atom is 0.294 e. The number of hydrogen-bond acceptors (Lipinski definition) is 2. The van der Waals surface area contributed by atoms with E-state index in [4.69, 9.17) is 4.55 Å². The van der Waals surface area contributed by atoms with Crippen LogP contribution in [0.3, 0.4) is 0 Å². The van der Waals surface area contributed by atoms with Gasteiger partial charge in [0, 0.05) is 16.6 Å². The van der Waals surface area contributed by atoms with Crippen LogP contribution in [0.25, 0.3) is 22.2 Å². The molecule has 96 valence electrons. The molecule has 3 rings (SSSR count). The number of fused-ring (bicyclic) bond motifs is 1. The largest absolute Gasteiger partial charge is 0.355 e. The first-order valence-electron chi connectivity index (χ1n) is 5.70. The van der Waals surface area contributed by atoms with Crippen molar-refractivity contribution in [3.05, 3.63) is 54.6 Å². The summed E-state index contributed by atoms with van der Waals surface area (Å²) in [5.74, 6) is 0. The van der Waals surface area contributed by atoms with E-state index in [0.29, 0.717) is 0 Å². The lowest BCUT2D eigenvalue weighted by Gasteiger charge is -1.96. The molecule has 0 amide bonds. The molecule has 19 heavy (non-hydrogen) atoms. The molecule has 5 heteroatoms. The molecule has 2 aromatic carbocycles. The van der Waals surface area contributed by atoms with E-state index in [1.165, 1.54) is 12.1 Å². The Bertz CT molecular complexity index is 836. The van der Waals surface area contributed by atoms with Gasteiger partial charge >= 0.3 is 0 Å². The average molecular weight is 273 g/mol. The monoisotopic (exact) mass is 273 g/mol. The van der Waals surface area contributed by atoms with Crippen LogP contribution >= 0.6 is 0 Å². The second-order valence-electron chi connectivity index (χ2n) is 4.27. The van der Waals surface area contributed by atoms with Gasteiger partial charge in [0.1, 0.15) is 0 Å². The van der Waals surface area contributed by atoms with Crippen molar-refractivity contribution in [2.75, 3.05) is 0 Å². The zero-order chi connectivity index (χ0) is 13.5. The summed E-state index contributed by atoms with van der Waals surface area (Å²) in [4.78, 5) is 3.12. The maximum absolute atomic E-state index is 11.1. The van der Waals surface area contributed by atoms with Gasteiger partial charge in [0.05, 0.1) is 4.90 Å². The SMILES string of the molecule is O=S(=O)(O)c1ccc2[nH]c(-c3ccccc3)cc2c1. The summed E-state index contributed by atoms with van der Waals surface area (Å²) in [5, 5.41) is 0.744. The fourth-order valence-electron chi connectivity index (χ4n) is 2.04. The van der Waals surface area contributed by atoms with Crippen molar-refractivity contribution in [1.82, 2.24) is 4.98 Å². The van der Waals surface area contributed by atoms with E-state index in [2.05, 4.69) is 4.98 Å². The zero-order valence-corrected chi connectivity index (χ0v) is 10.7. The average Bonchev–Trinajstić information content (AvgIpc) is 2.81. The van der Waals surface area contributed by atoms with Crippen LogP contribution in [-0.2, 0) is 10.1 Å². The van der Waals surface area contributed by atoms with Gasteiger partial charge in [0.15, 0.2) is 0 Å². The molecule has 0 atom stereocenters. The Labute approximate surface area is 110 Å². The summed E-state index contributed by atoms with van der Waals surface area (Å²) in [6, 6.07) is 16.1. The highest BCUT2D eigenvalue weighted by Crippen LogP contribution is 2.25. The predicted molar refractivity (Wildman–Crippen MR) is 73.5 cm³/mol. The van der Waals surface area contributed by atoms with Gasteiger partial charge in [-0.3, -0.25) is 4.55 Å². The lowest BCUT2D eigenvalue weighted by Crippen LogP contribution is -1.96. The van der Waals surface area contributed by atoms with Crippen molar-refractivity contribution in [3.8, 4) is 11.3 Å². The Hall–Kier alpha value is -2.11. The molecule has 0 fully saturated rings. The molecule has 3 aromatic rings. The summed E-state index contributed by atoms with van der Waals surface area (Å²) in [6.45, 7) is 0. The van der Waals surface area contributed by atoms with Crippen molar-refractivity contribution in [3.63, 3.8) is 0 Å². The van der Waals surface area contributed by atoms with E-state index in [0.717, 1.165) is 22.2 Å². The lowest BCUT2D eigenvalue weighted by molar-refractivity contribution is 0.483. The van der Waals surface area contributed by atoms with Crippen LogP contribution in [0.2, 0.25) is 0 Å². The molecule has 0 aliphatic rings. The van der Waals surface area contributed by atoms with E-state index < -0.39 is 10.1 Å². The highest BCUT2D eigenvalue weighted by molar-refractivity contribution is 7.85. The number of rotatable bonds is 2. The summed E-state index contributed by atoms with van der Waals surface area (Å²) < 4.78 is 31.2. The second-order valence-corrected chi connectivity index (χ2v) is 5.69. The Morgan fingerprint density at radius 3 is 2.37 bits per heavy atom. The molecular weight excluding hydrogens is 262 g/mol. The van der Waals surface area contributed by atoms with E-state index >= 15 is 0 Å². The third kappa shape index (κ3) is 2.25. The van der Waals surface area contributed by atoms with E-state index in [1.54, 1.807) is 6.07 Å². The van der Waals surface area contributed by atoms with Crippen LogP contribution in [0.1, 0.15) is 0 Å². The summed E-state index contributed by atoms with van der Waals surface area (Å²) in [6.07, 6.45) is 0. The fraction of sp³-hybridized carbons (Fsp3) is 0. The molecule has 1 aromatic heterocycles. The molecule has 0 spiro atoms. The molecule has 4 nitrogen and oxygen atoms in total. The summed E-state index contributed by atoms with van der Waals surface area (Å²) >= 11 is 0. The highest BCUT2D eigenvalue weighted by Gasteiger charge is 2.11. The Balaban J connectivity index is 2.17. The number of nitrogens with one attached hydrogen (secondary N) is 1. The van der Waals surface area contributed by atoms with Crippen molar-refractivity contribution in [2.24, 2.45) is 0 Å². The quantitative estimate of drug-likeness (QED) is 0.705. The Morgan fingerprint density at radius 1 is 0.947 bits per heavy atom. The van der Waals surface area contributed by atoms with Crippen molar-refractivity contribution in [1.29, 1.82) is 0 Å². The van der Waals surface area contributed by atoms with Crippen molar-refractivity contribution >= 4 is 21.0 Å². The molecule has 0 radical (unpaired) electrons. The molecular formula is C14H11NO3S. The zero-order valence-electron chi connectivity index (χ0n) is 9.87. The summed E-state index contributed by atoms with van der Waals surface area (Å²) in [5.41, 5.74) is 2.75. The predicted octanol–water partition coefficient (Wildman–Crippen LogP) is 3.08. The molecule has 0 saturated heterocycles. The third-order valence-electron chi connectivity index (χ3n) is 2.97. The van der Waals surface area contributed by atoms with Crippen molar-refractivity contribution < 1.29 is 13.0 Å². The first-order valence-corrected chi connectivity index (χ1v) is 7.14. The van der Waals surface area contributed by atoms with Gasteiger partial charge in [-0.1, -0.05) is 30.3 Å². The van der Waals surface area contributed by atoms with E-state index in [1.807, 2.05) is 36.4 Å². The van der Waals surface area contributed by atoms with Gasteiger partial charge in [0.2, 0.25) is 0 Å². The third-order valence-corrected chi connectivity index (χ3v) is 3.82. The van der Waals surface area contributed by atoms with Crippen LogP contribution in [0.5, 0.6) is 0 Å². The number of hydrogen-bond donors (Lipinski definition) is 2. The smallest absolute Gasteiger partial charge is 0.294 e. The topological polar surface area (TPSA) is 70.2 Å². The standard InChI is InChI=1S/C14H11NO3S/c16-19(17,18)12-6-7-13-11(8-12)9-14(15-13)10-4-2-1-3-5-10/h1-9,15H,(H,16,17,18). The minimum atomic E-state index is -4.16. The fourth-order valence-corrected chi connectivity index (χ4v) is 2.56. The van der Waals surface area contributed by atoms with Crippen LogP contribution in [-0.4, -0.2) is 18.0 Å². The van der Waals surface area contributed by atoms with E-state index in [9.17, 15) is 8.42 Å². The second kappa shape index (κ2) is 4.22. The Kier molecular flexibility index (Phi) is 2.66. The van der Waals surface area contributed by atoms with Gasteiger partial charge in [-0.15, -0.1) is 0 Å². The number of aromatic amines is 1. The first-order chi connectivity index (χ1) is 9.04. The highest BCUT2D eigenvalue weighted by atomic mass is 32.2. The molecule has 0 saturated carbocycles. The number of aromatic nitrogens is 1. The first kappa shape index (κ1) is 12.0. The maximum atomic E-state index is 11.1. The van der Waals surface area contributed by atoms with Crippen LogP contribution in [0, 0.1) is 0 Å². The van der Waals surface area contributed by atoms with Gasteiger partial charge in [-0.2, -0.15) is 8.42 Å².